The first-order valence-corrected chi connectivity index (χ1v) is 9.35. The molecule has 2 amide bonds. The number of hydrogen-bond acceptors (Lipinski definition) is 4. The summed E-state index contributed by atoms with van der Waals surface area (Å²) in [4.78, 5) is 32.9. The van der Waals surface area contributed by atoms with Gasteiger partial charge in [0.15, 0.2) is 11.6 Å². The largest absolute Gasteiger partial charge is 0.393 e. The van der Waals surface area contributed by atoms with Crippen LogP contribution in [0.4, 0.5) is 10.2 Å². The van der Waals surface area contributed by atoms with Gasteiger partial charge in [-0.3, -0.25) is 14.5 Å². The zero-order valence-corrected chi connectivity index (χ0v) is 16.0. The van der Waals surface area contributed by atoms with Crippen molar-refractivity contribution in [3.05, 3.63) is 58.5 Å². The van der Waals surface area contributed by atoms with E-state index in [2.05, 4.69) is 4.98 Å². The van der Waals surface area contributed by atoms with Crippen LogP contribution in [0.5, 0.6) is 0 Å². The number of hydrogen-bond donors (Lipinski definition) is 1. The number of pyridine rings is 1. The van der Waals surface area contributed by atoms with Crippen molar-refractivity contribution in [2.75, 3.05) is 11.4 Å². The number of benzene rings is 1. The molecule has 1 aromatic heterocycles. The Balaban J connectivity index is 1.68. The molecule has 2 aromatic rings. The summed E-state index contributed by atoms with van der Waals surface area (Å²) in [7, 11) is 0. The summed E-state index contributed by atoms with van der Waals surface area (Å²) in [6.45, 7) is 1.62. The highest BCUT2D eigenvalue weighted by atomic mass is 35.5. The predicted molar refractivity (Wildman–Crippen MR) is 101 cm³/mol. The highest BCUT2D eigenvalue weighted by Crippen LogP contribution is 2.43. The number of aliphatic hydroxyl groups excluding tert-OH is 1. The van der Waals surface area contributed by atoms with Crippen LogP contribution in [-0.4, -0.2) is 45.0 Å². The van der Waals surface area contributed by atoms with E-state index in [1.807, 2.05) is 0 Å². The van der Waals surface area contributed by atoms with Crippen LogP contribution in [-0.2, 0) is 16.1 Å². The maximum Gasteiger partial charge on any atom is 0.254 e. The van der Waals surface area contributed by atoms with E-state index in [0.717, 1.165) is 10.5 Å². The van der Waals surface area contributed by atoms with Crippen molar-refractivity contribution in [2.45, 2.75) is 38.0 Å². The summed E-state index contributed by atoms with van der Waals surface area (Å²) >= 11 is 5.92. The van der Waals surface area contributed by atoms with Crippen LogP contribution in [0.2, 0.25) is 5.02 Å². The minimum Gasteiger partial charge on any atom is -0.393 e. The molecule has 0 atom stereocenters. The molecule has 1 aliphatic carbocycles. The van der Waals surface area contributed by atoms with Gasteiger partial charge < -0.3 is 10.0 Å². The molecule has 0 unspecified atom stereocenters. The number of anilines is 1. The van der Waals surface area contributed by atoms with Crippen molar-refractivity contribution in [1.82, 2.24) is 9.88 Å². The fourth-order valence-electron chi connectivity index (χ4n) is 3.92. The molecule has 1 saturated heterocycles. The van der Waals surface area contributed by atoms with E-state index in [4.69, 9.17) is 11.6 Å². The normalized spacial score (nSPS) is 24.6. The van der Waals surface area contributed by atoms with E-state index in [1.54, 1.807) is 31.2 Å². The Labute approximate surface area is 166 Å². The summed E-state index contributed by atoms with van der Waals surface area (Å²) in [6, 6.07) is 8.29. The second-order valence-corrected chi connectivity index (χ2v) is 7.85. The average Bonchev–Trinajstić information content (AvgIpc) is 2.62. The number of aryl methyl sites for hydroxylation is 1. The zero-order valence-electron chi connectivity index (χ0n) is 15.2. The zero-order chi connectivity index (χ0) is 20.1. The van der Waals surface area contributed by atoms with E-state index in [-0.39, 0.29) is 37.7 Å². The quantitative estimate of drug-likeness (QED) is 0.854. The standard InChI is InChI=1S/C20H19ClFN3O3/c1-12-6-16(22)18(23-9-12)24-11-17(27)25(10-13-2-4-14(21)5-3-13)20(19(24)28)7-15(26)8-20/h2-6,9,15,26H,7-8,10-11H2,1H3. The predicted octanol–water partition coefficient (Wildman–Crippen LogP) is 2.45. The molecule has 1 spiro atoms. The van der Waals surface area contributed by atoms with Crippen molar-refractivity contribution >= 4 is 29.2 Å². The van der Waals surface area contributed by atoms with Crippen LogP contribution in [0.15, 0.2) is 36.5 Å². The first kappa shape index (κ1) is 18.8. The van der Waals surface area contributed by atoms with Crippen LogP contribution in [0.25, 0.3) is 0 Å². The molecule has 1 aromatic carbocycles. The van der Waals surface area contributed by atoms with Gasteiger partial charge >= 0.3 is 0 Å². The van der Waals surface area contributed by atoms with Crippen molar-refractivity contribution < 1.29 is 19.1 Å². The third-order valence-corrected chi connectivity index (χ3v) is 5.62. The van der Waals surface area contributed by atoms with E-state index in [1.165, 1.54) is 17.2 Å². The Bertz CT molecular complexity index is 944. The lowest BCUT2D eigenvalue weighted by atomic mass is 9.70. The molecule has 146 valence electrons. The fourth-order valence-corrected chi connectivity index (χ4v) is 4.05. The van der Waals surface area contributed by atoms with Gasteiger partial charge in [0.25, 0.3) is 5.91 Å². The minimum atomic E-state index is -1.19. The molecule has 2 aliphatic rings. The Kier molecular flexibility index (Phi) is 4.59. The molecule has 2 fully saturated rings. The van der Waals surface area contributed by atoms with Gasteiger partial charge in [-0.25, -0.2) is 9.37 Å². The van der Waals surface area contributed by atoms with Gasteiger partial charge in [0, 0.05) is 30.6 Å². The number of nitrogens with zero attached hydrogens (tertiary/aromatic N) is 3. The topological polar surface area (TPSA) is 73.7 Å². The van der Waals surface area contributed by atoms with E-state index >= 15 is 0 Å². The summed E-state index contributed by atoms with van der Waals surface area (Å²) < 4.78 is 14.4. The molecule has 0 radical (unpaired) electrons. The van der Waals surface area contributed by atoms with E-state index < -0.39 is 23.4 Å². The van der Waals surface area contributed by atoms with Crippen molar-refractivity contribution in [3.63, 3.8) is 0 Å². The molecular formula is C20H19ClFN3O3. The highest BCUT2D eigenvalue weighted by Gasteiger charge is 2.60. The van der Waals surface area contributed by atoms with Crippen molar-refractivity contribution in [1.29, 1.82) is 0 Å². The summed E-state index contributed by atoms with van der Waals surface area (Å²) in [5, 5.41) is 10.5. The van der Waals surface area contributed by atoms with Gasteiger partial charge in [-0.2, -0.15) is 0 Å². The van der Waals surface area contributed by atoms with Gasteiger partial charge in [0.05, 0.1) is 6.10 Å². The lowest BCUT2D eigenvalue weighted by Gasteiger charge is -2.55. The second kappa shape index (κ2) is 6.83. The lowest BCUT2D eigenvalue weighted by molar-refractivity contribution is -0.167. The summed E-state index contributed by atoms with van der Waals surface area (Å²) in [5.41, 5.74) is 0.252. The molecular weight excluding hydrogens is 385 g/mol. The van der Waals surface area contributed by atoms with Crippen LogP contribution >= 0.6 is 11.6 Å². The first-order chi connectivity index (χ1) is 13.3. The highest BCUT2D eigenvalue weighted by molar-refractivity contribution is 6.30. The number of piperazine rings is 1. The van der Waals surface area contributed by atoms with Crippen molar-refractivity contribution in [2.24, 2.45) is 0 Å². The smallest absolute Gasteiger partial charge is 0.254 e. The SMILES string of the molecule is Cc1cnc(N2CC(=O)N(Cc3ccc(Cl)cc3)C3(CC(O)C3)C2=O)c(F)c1. The number of halogens is 2. The van der Waals surface area contributed by atoms with E-state index in [0.29, 0.717) is 10.6 Å². The molecule has 1 N–H and O–H groups in total. The van der Waals surface area contributed by atoms with Crippen molar-refractivity contribution in [3.8, 4) is 0 Å². The van der Waals surface area contributed by atoms with Gasteiger partial charge in [-0.1, -0.05) is 23.7 Å². The molecule has 2 heterocycles. The van der Waals surface area contributed by atoms with Gasteiger partial charge in [-0.15, -0.1) is 0 Å². The molecule has 4 rings (SSSR count). The summed E-state index contributed by atoms with van der Waals surface area (Å²) in [5.74, 6) is -1.54. The monoisotopic (exact) mass is 403 g/mol. The molecule has 1 saturated carbocycles. The number of carbonyl (C=O) groups excluding carboxylic acids is 2. The number of amides is 2. The Hall–Kier alpha value is -2.51. The Morgan fingerprint density at radius 3 is 2.57 bits per heavy atom. The number of aromatic nitrogens is 1. The Morgan fingerprint density at radius 2 is 1.96 bits per heavy atom. The average molecular weight is 404 g/mol. The molecule has 0 bridgehead atoms. The van der Waals surface area contributed by atoms with Crippen LogP contribution in [0.3, 0.4) is 0 Å². The summed E-state index contributed by atoms with van der Waals surface area (Å²) in [6.07, 6.45) is 1.02. The van der Waals surface area contributed by atoms with E-state index in [9.17, 15) is 19.1 Å². The third-order valence-electron chi connectivity index (χ3n) is 5.37. The lowest BCUT2D eigenvalue weighted by Crippen LogP contribution is -2.73. The number of carbonyl (C=O) groups is 2. The number of rotatable bonds is 3. The molecule has 1 aliphatic heterocycles. The van der Waals surface area contributed by atoms with Crippen LogP contribution < -0.4 is 4.90 Å². The van der Waals surface area contributed by atoms with Crippen LogP contribution in [0.1, 0.15) is 24.0 Å². The maximum atomic E-state index is 14.4. The molecule has 28 heavy (non-hydrogen) atoms. The first-order valence-electron chi connectivity index (χ1n) is 8.97. The molecule has 8 heteroatoms. The van der Waals surface area contributed by atoms with Crippen LogP contribution in [0, 0.1) is 12.7 Å². The van der Waals surface area contributed by atoms with Gasteiger partial charge in [-0.05, 0) is 36.2 Å². The third kappa shape index (κ3) is 3.04. The Morgan fingerprint density at radius 1 is 1.29 bits per heavy atom. The fraction of sp³-hybridized carbons (Fsp3) is 0.350. The number of aliphatic hydroxyl groups is 1. The van der Waals surface area contributed by atoms with Gasteiger partial charge in [0.2, 0.25) is 5.91 Å². The maximum absolute atomic E-state index is 14.4. The molecule has 6 nitrogen and oxygen atoms in total. The minimum absolute atomic E-state index is 0.120. The second-order valence-electron chi connectivity index (χ2n) is 7.41. The van der Waals surface area contributed by atoms with Gasteiger partial charge in [0.1, 0.15) is 12.1 Å².